The van der Waals surface area contributed by atoms with Crippen molar-refractivity contribution < 1.29 is 13.6 Å². The molecule has 0 spiro atoms. The van der Waals surface area contributed by atoms with Crippen LogP contribution >= 0.6 is 0 Å². The smallest absolute Gasteiger partial charge is 0.256 e. The minimum atomic E-state index is -1.00. The Balaban J connectivity index is 1.55. The average Bonchev–Trinajstić information content (AvgIpc) is 2.84. The number of rotatable bonds is 4. The maximum Gasteiger partial charge on any atom is 0.256 e. The number of anilines is 1. The van der Waals surface area contributed by atoms with E-state index < -0.39 is 11.6 Å². The molecule has 0 radical (unpaired) electrons. The first kappa shape index (κ1) is 21.2. The Morgan fingerprint density at radius 1 is 1.00 bits per heavy atom. The normalized spacial score (nSPS) is 14.6. The van der Waals surface area contributed by atoms with Gasteiger partial charge in [0.2, 0.25) is 0 Å². The van der Waals surface area contributed by atoms with Crippen LogP contribution in [0.4, 0.5) is 14.5 Å². The van der Waals surface area contributed by atoms with Crippen LogP contribution in [0.5, 0.6) is 0 Å². The predicted molar refractivity (Wildman–Crippen MR) is 125 cm³/mol. The molecule has 33 heavy (non-hydrogen) atoms. The number of benzene rings is 3. The van der Waals surface area contributed by atoms with E-state index in [9.17, 15) is 13.6 Å². The molecular formula is C27H23F2N3O. The molecular weight excluding hydrogens is 420 g/mol. The molecule has 166 valence electrons. The van der Waals surface area contributed by atoms with Crippen molar-refractivity contribution in [3.05, 3.63) is 107 Å². The van der Waals surface area contributed by atoms with Crippen molar-refractivity contribution in [2.24, 2.45) is 0 Å². The number of hydrogen-bond acceptors (Lipinski definition) is 3. The van der Waals surface area contributed by atoms with Gasteiger partial charge in [-0.1, -0.05) is 48.5 Å². The lowest BCUT2D eigenvalue weighted by molar-refractivity contribution is 0.102. The standard InChI is InChI=1S/C27H23F2N3O/c1-17(18-7-3-2-4-8-18)32-14-13-25-21(16-32)26(20-9-5-6-10-24(20)31-25)27(33)30-19-11-12-22(28)23(29)15-19/h2-12,15,17H,13-14,16H2,1H3,(H,30,33). The quantitative estimate of drug-likeness (QED) is 0.428. The number of halogens is 2. The largest absolute Gasteiger partial charge is 0.322 e. The van der Waals surface area contributed by atoms with Crippen molar-refractivity contribution in [2.45, 2.75) is 25.9 Å². The number of carbonyl (C=O) groups is 1. The van der Waals surface area contributed by atoms with Crippen molar-refractivity contribution in [1.29, 1.82) is 0 Å². The zero-order valence-corrected chi connectivity index (χ0v) is 18.2. The summed E-state index contributed by atoms with van der Waals surface area (Å²) in [5.74, 6) is -2.31. The molecule has 0 saturated heterocycles. The number of nitrogens with zero attached hydrogens (tertiary/aromatic N) is 2. The first-order valence-corrected chi connectivity index (χ1v) is 11.0. The lowest BCUT2D eigenvalue weighted by Crippen LogP contribution is -2.35. The third kappa shape index (κ3) is 4.10. The minimum Gasteiger partial charge on any atom is -0.322 e. The molecule has 3 aromatic carbocycles. The van der Waals surface area contributed by atoms with Gasteiger partial charge in [-0.2, -0.15) is 0 Å². The van der Waals surface area contributed by atoms with Gasteiger partial charge >= 0.3 is 0 Å². The average molecular weight is 443 g/mol. The van der Waals surface area contributed by atoms with E-state index in [4.69, 9.17) is 4.98 Å². The Kier molecular flexibility index (Phi) is 5.60. The number of fused-ring (bicyclic) bond motifs is 2. The second-order valence-corrected chi connectivity index (χ2v) is 8.32. The summed E-state index contributed by atoms with van der Waals surface area (Å²) in [6.45, 7) is 3.57. The fraction of sp³-hybridized carbons (Fsp3) is 0.185. The molecule has 5 rings (SSSR count). The molecule has 1 aromatic heterocycles. The van der Waals surface area contributed by atoms with E-state index in [0.717, 1.165) is 47.3 Å². The van der Waals surface area contributed by atoms with Crippen LogP contribution < -0.4 is 5.32 Å². The number of pyridine rings is 1. The summed E-state index contributed by atoms with van der Waals surface area (Å²) in [5.41, 5.74) is 4.48. The molecule has 1 aliphatic rings. The minimum absolute atomic E-state index is 0.174. The van der Waals surface area contributed by atoms with Crippen LogP contribution in [-0.2, 0) is 13.0 Å². The zero-order valence-electron chi connectivity index (χ0n) is 18.2. The van der Waals surface area contributed by atoms with E-state index in [1.54, 1.807) is 0 Å². The highest BCUT2D eigenvalue weighted by Gasteiger charge is 2.28. The summed E-state index contributed by atoms with van der Waals surface area (Å²) in [6.07, 6.45) is 0.725. The van der Waals surface area contributed by atoms with Gasteiger partial charge in [0.15, 0.2) is 11.6 Å². The lowest BCUT2D eigenvalue weighted by Gasteiger charge is -2.34. The van der Waals surface area contributed by atoms with Gasteiger partial charge in [0.05, 0.1) is 11.1 Å². The molecule has 1 atom stereocenters. The van der Waals surface area contributed by atoms with Crippen molar-refractivity contribution in [3.63, 3.8) is 0 Å². The number of para-hydroxylation sites is 1. The van der Waals surface area contributed by atoms with Gasteiger partial charge < -0.3 is 5.32 Å². The molecule has 0 bridgehead atoms. The van der Waals surface area contributed by atoms with Crippen LogP contribution in [0.25, 0.3) is 10.9 Å². The molecule has 4 aromatic rings. The molecule has 0 saturated carbocycles. The Morgan fingerprint density at radius 2 is 1.76 bits per heavy atom. The summed E-state index contributed by atoms with van der Waals surface area (Å²) >= 11 is 0. The monoisotopic (exact) mass is 443 g/mol. The van der Waals surface area contributed by atoms with Crippen LogP contribution in [0.2, 0.25) is 0 Å². The molecule has 4 nitrogen and oxygen atoms in total. The van der Waals surface area contributed by atoms with Crippen molar-refractivity contribution in [2.75, 3.05) is 11.9 Å². The molecule has 1 N–H and O–H groups in total. The second-order valence-electron chi connectivity index (χ2n) is 8.32. The fourth-order valence-electron chi connectivity index (χ4n) is 4.51. The molecule has 0 fully saturated rings. The molecule has 2 heterocycles. The van der Waals surface area contributed by atoms with E-state index in [-0.39, 0.29) is 17.6 Å². The van der Waals surface area contributed by atoms with Crippen LogP contribution in [0.3, 0.4) is 0 Å². The van der Waals surface area contributed by atoms with E-state index >= 15 is 0 Å². The first-order chi connectivity index (χ1) is 16.0. The highest BCUT2D eigenvalue weighted by atomic mass is 19.2. The Labute approximate surface area is 190 Å². The first-order valence-electron chi connectivity index (χ1n) is 11.0. The van der Waals surface area contributed by atoms with Gasteiger partial charge in [-0.3, -0.25) is 14.7 Å². The maximum absolute atomic E-state index is 13.7. The Morgan fingerprint density at radius 3 is 2.55 bits per heavy atom. The van der Waals surface area contributed by atoms with Crippen LogP contribution in [0.15, 0.2) is 72.8 Å². The topological polar surface area (TPSA) is 45.2 Å². The summed E-state index contributed by atoms with van der Waals surface area (Å²) in [7, 11) is 0. The fourth-order valence-corrected chi connectivity index (χ4v) is 4.51. The third-order valence-electron chi connectivity index (χ3n) is 6.31. The highest BCUT2D eigenvalue weighted by Crippen LogP contribution is 2.32. The number of amides is 1. The van der Waals surface area contributed by atoms with Crippen LogP contribution in [-0.4, -0.2) is 22.3 Å². The SMILES string of the molecule is CC(c1ccccc1)N1CCc2nc3ccccc3c(C(=O)Nc3ccc(F)c(F)c3)c2C1. The Bertz CT molecular complexity index is 1340. The molecule has 0 aliphatic carbocycles. The summed E-state index contributed by atoms with van der Waals surface area (Å²) in [5, 5.41) is 3.49. The second kappa shape index (κ2) is 8.71. The number of carbonyl (C=O) groups excluding carboxylic acids is 1. The van der Waals surface area contributed by atoms with Crippen LogP contribution in [0, 0.1) is 11.6 Å². The van der Waals surface area contributed by atoms with Crippen LogP contribution in [0.1, 0.15) is 40.1 Å². The molecule has 6 heteroatoms. The lowest BCUT2D eigenvalue weighted by atomic mass is 9.93. The summed E-state index contributed by atoms with van der Waals surface area (Å²) in [6, 6.07) is 21.3. The number of nitrogens with one attached hydrogen (secondary N) is 1. The van der Waals surface area contributed by atoms with E-state index in [2.05, 4.69) is 29.3 Å². The molecule has 1 amide bonds. The number of hydrogen-bond donors (Lipinski definition) is 1. The predicted octanol–water partition coefficient (Wildman–Crippen LogP) is 5.88. The van der Waals surface area contributed by atoms with Gasteiger partial charge in [0.1, 0.15) is 0 Å². The molecule has 1 unspecified atom stereocenters. The van der Waals surface area contributed by atoms with Crippen molar-refractivity contribution in [3.8, 4) is 0 Å². The summed E-state index contributed by atoms with van der Waals surface area (Å²) < 4.78 is 27.1. The van der Waals surface area contributed by atoms with E-state index in [1.165, 1.54) is 11.6 Å². The number of aromatic nitrogens is 1. The van der Waals surface area contributed by atoms with Gasteiger partial charge in [-0.25, -0.2) is 8.78 Å². The van der Waals surface area contributed by atoms with E-state index in [1.807, 2.05) is 42.5 Å². The molecule has 1 aliphatic heterocycles. The van der Waals surface area contributed by atoms with Crippen molar-refractivity contribution in [1.82, 2.24) is 9.88 Å². The highest BCUT2D eigenvalue weighted by molar-refractivity contribution is 6.13. The van der Waals surface area contributed by atoms with Crippen molar-refractivity contribution >= 4 is 22.5 Å². The van der Waals surface area contributed by atoms with Gasteiger partial charge in [0, 0.05) is 53.9 Å². The van der Waals surface area contributed by atoms with Gasteiger partial charge in [-0.05, 0) is 30.7 Å². The van der Waals surface area contributed by atoms with E-state index in [0.29, 0.717) is 12.1 Å². The third-order valence-corrected chi connectivity index (χ3v) is 6.31. The van der Waals surface area contributed by atoms with Gasteiger partial charge in [0.25, 0.3) is 5.91 Å². The summed E-state index contributed by atoms with van der Waals surface area (Å²) in [4.78, 5) is 20.6. The Hall–Kier alpha value is -3.64. The zero-order chi connectivity index (χ0) is 22.9. The maximum atomic E-state index is 13.7. The van der Waals surface area contributed by atoms with Gasteiger partial charge in [-0.15, -0.1) is 0 Å².